The molecule has 0 bridgehead atoms. The van der Waals surface area contributed by atoms with Gasteiger partial charge >= 0.3 is 0 Å². The highest BCUT2D eigenvalue weighted by atomic mass is 16.4. The summed E-state index contributed by atoms with van der Waals surface area (Å²) in [5.74, 6) is 1.53. The third-order valence-corrected chi connectivity index (χ3v) is 2.48. The van der Waals surface area contributed by atoms with E-state index < -0.39 is 0 Å². The second-order valence-corrected chi connectivity index (χ2v) is 3.94. The van der Waals surface area contributed by atoms with Crippen LogP contribution in [-0.4, -0.2) is 10.1 Å². The van der Waals surface area contributed by atoms with Gasteiger partial charge in [0.1, 0.15) is 5.76 Å². The van der Waals surface area contributed by atoms with Gasteiger partial charge in [-0.15, -0.1) is 0 Å². The summed E-state index contributed by atoms with van der Waals surface area (Å²) in [6.07, 6.45) is 1.72. The van der Waals surface area contributed by atoms with Crippen LogP contribution in [-0.2, 0) is 19.7 Å². The van der Waals surface area contributed by atoms with E-state index in [0.29, 0.717) is 12.4 Å². The lowest BCUT2D eigenvalue weighted by Crippen LogP contribution is -2.12. The van der Waals surface area contributed by atoms with Crippen LogP contribution in [0.2, 0.25) is 0 Å². The number of aryl methyl sites for hydroxylation is 1. The molecule has 4 heteroatoms. The van der Waals surface area contributed by atoms with Crippen LogP contribution in [0.25, 0.3) is 0 Å². The number of rotatable bonds is 5. The van der Waals surface area contributed by atoms with Crippen molar-refractivity contribution in [2.45, 2.75) is 26.6 Å². The minimum absolute atomic E-state index is 0.0866. The number of aliphatic hydroxyl groups excluding tert-OH is 1. The lowest BCUT2D eigenvalue weighted by atomic mass is 10.1. The summed E-state index contributed by atoms with van der Waals surface area (Å²) in [6.45, 7) is 3.34. The summed E-state index contributed by atoms with van der Waals surface area (Å²) in [5.41, 5.74) is 2.10. The van der Waals surface area contributed by atoms with E-state index in [4.69, 9.17) is 9.52 Å². The van der Waals surface area contributed by atoms with Crippen molar-refractivity contribution in [1.82, 2.24) is 10.3 Å². The van der Waals surface area contributed by atoms with Crippen LogP contribution in [0, 0.1) is 6.92 Å². The van der Waals surface area contributed by atoms with E-state index in [2.05, 4.69) is 10.3 Å². The Morgan fingerprint density at radius 1 is 1.18 bits per heavy atom. The average molecular weight is 232 g/mol. The maximum absolute atomic E-state index is 8.92. The Hall–Kier alpha value is -1.65. The number of hydrogen-bond donors (Lipinski definition) is 2. The summed E-state index contributed by atoms with van der Waals surface area (Å²) >= 11 is 0. The van der Waals surface area contributed by atoms with Gasteiger partial charge in [0.05, 0.1) is 19.3 Å². The molecule has 2 N–H and O–H groups in total. The zero-order valence-corrected chi connectivity index (χ0v) is 9.81. The largest absolute Gasteiger partial charge is 0.445 e. The van der Waals surface area contributed by atoms with Crippen LogP contribution in [0.3, 0.4) is 0 Å². The summed E-state index contributed by atoms with van der Waals surface area (Å²) in [7, 11) is 0. The van der Waals surface area contributed by atoms with Crippen molar-refractivity contribution >= 4 is 0 Å². The van der Waals surface area contributed by atoms with Crippen LogP contribution in [0.15, 0.2) is 34.9 Å². The molecule has 0 aliphatic heterocycles. The van der Waals surface area contributed by atoms with Gasteiger partial charge in [-0.25, -0.2) is 4.98 Å². The Kier molecular flexibility index (Phi) is 3.90. The number of oxazole rings is 1. The van der Waals surface area contributed by atoms with Crippen molar-refractivity contribution in [2.24, 2.45) is 0 Å². The third kappa shape index (κ3) is 3.41. The Labute approximate surface area is 100 Å². The molecule has 0 unspecified atom stereocenters. The molecular formula is C13H16N2O2. The van der Waals surface area contributed by atoms with E-state index in [-0.39, 0.29) is 6.61 Å². The summed E-state index contributed by atoms with van der Waals surface area (Å²) < 4.78 is 5.35. The first-order valence-corrected chi connectivity index (χ1v) is 5.58. The number of aromatic nitrogens is 1. The number of nitrogens with one attached hydrogen (secondary N) is 1. The maximum atomic E-state index is 8.92. The maximum Gasteiger partial charge on any atom is 0.208 e. The quantitative estimate of drug-likeness (QED) is 0.824. The van der Waals surface area contributed by atoms with Gasteiger partial charge in [0.2, 0.25) is 5.89 Å². The molecule has 0 spiro atoms. The highest BCUT2D eigenvalue weighted by Crippen LogP contribution is 2.05. The van der Waals surface area contributed by atoms with Crippen LogP contribution in [0.5, 0.6) is 0 Å². The minimum atomic E-state index is 0.0866. The van der Waals surface area contributed by atoms with Gasteiger partial charge in [-0.2, -0.15) is 0 Å². The van der Waals surface area contributed by atoms with Crippen molar-refractivity contribution in [1.29, 1.82) is 0 Å². The second-order valence-electron chi connectivity index (χ2n) is 3.94. The average Bonchev–Trinajstić information content (AvgIpc) is 2.76. The highest BCUT2D eigenvalue weighted by Gasteiger charge is 1.99. The van der Waals surface area contributed by atoms with Gasteiger partial charge < -0.3 is 14.8 Å². The van der Waals surface area contributed by atoms with Crippen LogP contribution < -0.4 is 5.32 Å². The van der Waals surface area contributed by atoms with Crippen molar-refractivity contribution in [2.75, 3.05) is 0 Å². The van der Waals surface area contributed by atoms with E-state index in [1.807, 2.05) is 31.2 Å². The molecule has 90 valence electrons. The third-order valence-electron chi connectivity index (χ3n) is 2.48. The molecule has 2 aromatic rings. The van der Waals surface area contributed by atoms with Crippen molar-refractivity contribution in [3.05, 3.63) is 53.2 Å². The zero-order valence-electron chi connectivity index (χ0n) is 9.81. The summed E-state index contributed by atoms with van der Waals surface area (Å²) in [4.78, 5) is 4.11. The van der Waals surface area contributed by atoms with Crippen molar-refractivity contribution < 1.29 is 9.52 Å². The fourth-order valence-corrected chi connectivity index (χ4v) is 1.56. The van der Waals surface area contributed by atoms with E-state index in [0.717, 1.165) is 17.9 Å². The molecule has 0 saturated carbocycles. The number of nitrogens with zero attached hydrogens (tertiary/aromatic N) is 1. The predicted octanol–water partition coefficient (Wildman–Crippen LogP) is 1.77. The topological polar surface area (TPSA) is 58.3 Å². The first-order chi connectivity index (χ1) is 8.28. The Bertz CT molecular complexity index is 463. The van der Waals surface area contributed by atoms with Crippen molar-refractivity contribution in [3.63, 3.8) is 0 Å². The standard InChI is InChI=1S/C13H16N2O2/c1-10-6-15-13(17-10)8-14-7-11-2-4-12(9-16)5-3-11/h2-6,14,16H,7-9H2,1H3. The van der Waals surface area contributed by atoms with Crippen molar-refractivity contribution in [3.8, 4) is 0 Å². The molecule has 1 aromatic heterocycles. The lowest BCUT2D eigenvalue weighted by molar-refractivity contribution is 0.282. The monoisotopic (exact) mass is 232 g/mol. The predicted molar refractivity (Wildman–Crippen MR) is 64.1 cm³/mol. The molecule has 1 heterocycles. The Morgan fingerprint density at radius 3 is 2.47 bits per heavy atom. The first kappa shape index (κ1) is 11.8. The highest BCUT2D eigenvalue weighted by molar-refractivity contribution is 5.21. The molecule has 2 rings (SSSR count). The van der Waals surface area contributed by atoms with Crippen LogP contribution in [0.1, 0.15) is 22.8 Å². The van der Waals surface area contributed by atoms with E-state index in [1.165, 1.54) is 5.56 Å². The normalized spacial score (nSPS) is 10.7. The smallest absolute Gasteiger partial charge is 0.208 e. The van der Waals surface area contributed by atoms with Crippen LogP contribution >= 0.6 is 0 Å². The summed E-state index contributed by atoms with van der Waals surface area (Å²) in [6, 6.07) is 7.84. The molecule has 17 heavy (non-hydrogen) atoms. The van der Waals surface area contributed by atoms with Crippen LogP contribution in [0.4, 0.5) is 0 Å². The number of aliphatic hydroxyl groups is 1. The molecule has 0 fully saturated rings. The molecule has 0 saturated heterocycles. The second kappa shape index (κ2) is 5.61. The Morgan fingerprint density at radius 2 is 1.88 bits per heavy atom. The molecule has 0 aliphatic rings. The van der Waals surface area contributed by atoms with Gasteiger partial charge in [0, 0.05) is 6.54 Å². The molecule has 0 radical (unpaired) electrons. The van der Waals surface area contributed by atoms with Gasteiger partial charge in [0.25, 0.3) is 0 Å². The molecule has 0 atom stereocenters. The number of benzene rings is 1. The SMILES string of the molecule is Cc1cnc(CNCc2ccc(CO)cc2)o1. The fourth-order valence-electron chi connectivity index (χ4n) is 1.56. The molecule has 1 aromatic carbocycles. The minimum Gasteiger partial charge on any atom is -0.445 e. The fraction of sp³-hybridized carbons (Fsp3) is 0.308. The van der Waals surface area contributed by atoms with Gasteiger partial charge in [-0.3, -0.25) is 0 Å². The van der Waals surface area contributed by atoms with E-state index >= 15 is 0 Å². The van der Waals surface area contributed by atoms with E-state index in [9.17, 15) is 0 Å². The van der Waals surface area contributed by atoms with Gasteiger partial charge in [0.15, 0.2) is 0 Å². The lowest BCUT2D eigenvalue weighted by Gasteiger charge is -2.03. The molecule has 0 aliphatic carbocycles. The van der Waals surface area contributed by atoms with Gasteiger partial charge in [-0.1, -0.05) is 24.3 Å². The Balaban J connectivity index is 1.81. The molecule has 0 amide bonds. The summed E-state index contributed by atoms with van der Waals surface area (Å²) in [5, 5.41) is 12.2. The van der Waals surface area contributed by atoms with Gasteiger partial charge in [-0.05, 0) is 18.1 Å². The molecule has 4 nitrogen and oxygen atoms in total. The molecular weight excluding hydrogens is 216 g/mol. The van der Waals surface area contributed by atoms with E-state index in [1.54, 1.807) is 6.20 Å². The first-order valence-electron chi connectivity index (χ1n) is 5.58. The number of hydrogen-bond acceptors (Lipinski definition) is 4. The zero-order chi connectivity index (χ0) is 12.1.